The molecular formula is C17H21NO3. The van der Waals surface area contributed by atoms with Crippen LogP contribution in [0, 0.1) is 5.92 Å². The van der Waals surface area contributed by atoms with Crippen LogP contribution in [0.2, 0.25) is 0 Å². The molecule has 1 unspecified atom stereocenters. The minimum atomic E-state index is -0.124. The summed E-state index contributed by atoms with van der Waals surface area (Å²) in [4.78, 5) is 14.7. The van der Waals surface area contributed by atoms with Crippen LogP contribution in [0.5, 0.6) is 0 Å². The van der Waals surface area contributed by atoms with E-state index in [2.05, 4.69) is 29.2 Å². The zero-order valence-electron chi connectivity index (χ0n) is 12.3. The van der Waals surface area contributed by atoms with E-state index < -0.39 is 0 Å². The molecule has 3 fully saturated rings. The van der Waals surface area contributed by atoms with E-state index in [4.69, 9.17) is 9.47 Å². The van der Waals surface area contributed by atoms with Gasteiger partial charge in [-0.05, 0) is 18.9 Å². The van der Waals surface area contributed by atoms with Gasteiger partial charge in [0.05, 0.1) is 12.1 Å². The van der Waals surface area contributed by atoms with Crippen LogP contribution >= 0.6 is 0 Å². The zero-order valence-corrected chi connectivity index (χ0v) is 12.3. The lowest BCUT2D eigenvalue weighted by Gasteiger charge is -2.36. The number of piperidine rings is 1. The lowest BCUT2D eigenvalue weighted by molar-refractivity contribution is -0.164. The molecule has 0 aliphatic carbocycles. The number of ether oxygens (including phenoxy) is 2. The Morgan fingerprint density at radius 1 is 1.33 bits per heavy atom. The second-order valence-corrected chi connectivity index (χ2v) is 6.23. The minimum Gasteiger partial charge on any atom is -0.353 e. The van der Waals surface area contributed by atoms with Crippen LogP contribution in [0.15, 0.2) is 30.3 Å². The molecule has 0 N–H and O–H groups in total. The topological polar surface area (TPSA) is 38.8 Å². The molecule has 4 nitrogen and oxygen atoms in total. The maximum absolute atomic E-state index is 12.3. The van der Waals surface area contributed by atoms with Gasteiger partial charge in [0.2, 0.25) is 0 Å². The van der Waals surface area contributed by atoms with Crippen molar-refractivity contribution >= 4 is 5.78 Å². The number of carbonyl (C=O) groups excluding carboxylic acids is 1. The summed E-state index contributed by atoms with van der Waals surface area (Å²) in [5, 5.41) is 0. The molecule has 21 heavy (non-hydrogen) atoms. The lowest BCUT2D eigenvalue weighted by atomic mass is 9.96. The molecule has 0 amide bonds. The summed E-state index contributed by atoms with van der Waals surface area (Å²) in [5.41, 5.74) is 1.26. The predicted molar refractivity (Wildman–Crippen MR) is 77.6 cm³/mol. The van der Waals surface area contributed by atoms with Crippen molar-refractivity contribution in [1.29, 1.82) is 0 Å². The number of fused-ring (bicyclic) bond motifs is 1. The van der Waals surface area contributed by atoms with Crippen molar-refractivity contribution in [2.45, 2.75) is 50.8 Å². The largest absolute Gasteiger partial charge is 0.353 e. The summed E-state index contributed by atoms with van der Waals surface area (Å²) in [5.74, 6) is 0.680. The van der Waals surface area contributed by atoms with Crippen molar-refractivity contribution in [2.24, 2.45) is 5.92 Å². The molecule has 0 aromatic heterocycles. The van der Waals surface area contributed by atoms with Crippen LogP contribution in [-0.2, 0) is 20.8 Å². The summed E-state index contributed by atoms with van der Waals surface area (Å²) >= 11 is 0. The van der Waals surface area contributed by atoms with Gasteiger partial charge in [-0.2, -0.15) is 0 Å². The molecule has 1 aromatic rings. The highest BCUT2D eigenvalue weighted by Crippen LogP contribution is 2.47. The van der Waals surface area contributed by atoms with Crippen molar-refractivity contribution in [2.75, 3.05) is 6.61 Å². The van der Waals surface area contributed by atoms with Crippen LogP contribution in [0.3, 0.4) is 0 Å². The fourth-order valence-electron chi connectivity index (χ4n) is 4.26. The highest BCUT2D eigenvalue weighted by atomic mass is 16.7. The standard InChI is InChI=1S/C17H21NO3/c1-2-20-17-12-8-13-14(19)9-15(21-17)16(12)18(13)10-11-6-4-3-5-7-11/h3-7,12-13,15-17H,2,8-10H2,1H3/t12-,13-,15?,16+,17-/m1/s1. The van der Waals surface area contributed by atoms with E-state index in [1.807, 2.05) is 13.0 Å². The van der Waals surface area contributed by atoms with Gasteiger partial charge in [0.25, 0.3) is 0 Å². The molecule has 3 saturated heterocycles. The first-order valence-electron chi connectivity index (χ1n) is 7.87. The molecule has 0 spiro atoms. The van der Waals surface area contributed by atoms with Crippen LogP contribution < -0.4 is 0 Å². The second-order valence-electron chi connectivity index (χ2n) is 6.23. The summed E-state index contributed by atoms with van der Waals surface area (Å²) in [7, 11) is 0. The average molecular weight is 287 g/mol. The molecule has 0 saturated carbocycles. The van der Waals surface area contributed by atoms with Gasteiger partial charge in [0, 0.05) is 31.5 Å². The second kappa shape index (κ2) is 5.20. The van der Waals surface area contributed by atoms with Crippen molar-refractivity contribution in [3.8, 4) is 0 Å². The number of Topliss-reactive ketones (excluding diaryl/α,β-unsaturated/α-hetero) is 1. The van der Waals surface area contributed by atoms with E-state index in [0.717, 1.165) is 13.0 Å². The van der Waals surface area contributed by atoms with E-state index in [-0.39, 0.29) is 18.4 Å². The fraction of sp³-hybridized carbons (Fsp3) is 0.588. The number of nitrogens with zero attached hydrogens (tertiary/aromatic N) is 1. The number of carbonyl (C=O) groups is 1. The first-order chi connectivity index (χ1) is 10.3. The number of rotatable bonds is 4. The Hall–Kier alpha value is -1.23. The van der Waals surface area contributed by atoms with Gasteiger partial charge in [0.15, 0.2) is 12.1 Å². The van der Waals surface area contributed by atoms with Gasteiger partial charge < -0.3 is 9.47 Å². The normalized spacial score (nSPS) is 38.1. The van der Waals surface area contributed by atoms with Crippen molar-refractivity contribution in [3.63, 3.8) is 0 Å². The summed E-state index contributed by atoms with van der Waals surface area (Å²) in [6, 6.07) is 10.8. The zero-order chi connectivity index (χ0) is 14.4. The maximum atomic E-state index is 12.3. The molecule has 3 aliphatic rings. The molecule has 1 aromatic carbocycles. The van der Waals surface area contributed by atoms with Crippen molar-refractivity contribution < 1.29 is 14.3 Å². The number of hydrogen-bond donors (Lipinski definition) is 0. The van der Waals surface area contributed by atoms with E-state index >= 15 is 0 Å². The number of ketones is 1. The average Bonchev–Trinajstić information content (AvgIpc) is 2.96. The number of hydrogen-bond acceptors (Lipinski definition) is 4. The quantitative estimate of drug-likeness (QED) is 0.849. The Bertz CT molecular complexity index is 532. The van der Waals surface area contributed by atoms with Gasteiger partial charge in [-0.1, -0.05) is 30.3 Å². The van der Waals surface area contributed by atoms with Gasteiger partial charge in [0.1, 0.15) is 0 Å². The molecule has 3 aliphatic heterocycles. The molecule has 5 atom stereocenters. The smallest absolute Gasteiger partial charge is 0.162 e. The third-order valence-corrected chi connectivity index (χ3v) is 5.07. The van der Waals surface area contributed by atoms with E-state index in [1.165, 1.54) is 5.56 Å². The SMILES string of the molecule is CCO[C@@H]1OC2CC(=O)[C@H]3C[C@@H]1[C@@H]2N3Cc1ccccc1. The van der Waals surface area contributed by atoms with Gasteiger partial charge in [-0.15, -0.1) is 0 Å². The highest BCUT2D eigenvalue weighted by Gasteiger charge is 2.60. The molecule has 2 bridgehead atoms. The molecule has 3 heterocycles. The van der Waals surface area contributed by atoms with Gasteiger partial charge in [-0.3, -0.25) is 9.69 Å². The van der Waals surface area contributed by atoms with Crippen LogP contribution in [0.25, 0.3) is 0 Å². The molecule has 4 heteroatoms. The monoisotopic (exact) mass is 287 g/mol. The Morgan fingerprint density at radius 3 is 2.90 bits per heavy atom. The number of benzene rings is 1. The Kier molecular flexibility index (Phi) is 3.32. The Labute approximate surface area is 125 Å². The first kappa shape index (κ1) is 13.4. The maximum Gasteiger partial charge on any atom is 0.162 e. The molecule has 112 valence electrons. The summed E-state index contributed by atoms with van der Waals surface area (Å²) in [6.45, 7) is 3.49. The van der Waals surface area contributed by atoms with E-state index in [1.54, 1.807) is 0 Å². The van der Waals surface area contributed by atoms with E-state index in [9.17, 15) is 4.79 Å². The van der Waals surface area contributed by atoms with Crippen LogP contribution in [0.1, 0.15) is 25.3 Å². The molecule has 0 radical (unpaired) electrons. The van der Waals surface area contributed by atoms with Crippen molar-refractivity contribution in [1.82, 2.24) is 4.90 Å². The fourth-order valence-corrected chi connectivity index (χ4v) is 4.26. The van der Waals surface area contributed by atoms with Crippen molar-refractivity contribution in [3.05, 3.63) is 35.9 Å². The lowest BCUT2D eigenvalue weighted by Crippen LogP contribution is -2.51. The summed E-state index contributed by atoms with van der Waals surface area (Å²) in [6.07, 6.45) is 1.33. The summed E-state index contributed by atoms with van der Waals surface area (Å²) < 4.78 is 11.8. The predicted octanol–water partition coefficient (Wildman–Crippen LogP) is 1.98. The van der Waals surface area contributed by atoms with Gasteiger partial charge in [-0.25, -0.2) is 0 Å². The van der Waals surface area contributed by atoms with E-state index in [0.29, 0.717) is 30.8 Å². The van der Waals surface area contributed by atoms with Crippen LogP contribution in [0.4, 0.5) is 0 Å². The Morgan fingerprint density at radius 2 is 2.14 bits per heavy atom. The minimum absolute atomic E-state index is 0.0153. The Balaban J connectivity index is 1.59. The third kappa shape index (κ3) is 2.13. The van der Waals surface area contributed by atoms with Gasteiger partial charge >= 0.3 is 0 Å². The third-order valence-electron chi connectivity index (χ3n) is 5.07. The first-order valence-corrected chi connectivity index (χ1v) is 7.87. The highest BCUT2D eigenvalue weighted by molar-refractivity contribution is 5.86. The molecular weight excluding hydrogens is 266 g/mol. The van der Waals surface area contributed by atoms with Crippen LogP contribution in [-0.4, -0.2) is 41.8 Å². The molecule has 4 rings (SSSR count).